The van der Waals surface area contributed by atoms with E-state index in [2.05, 4.69) is 9.97 Å². The monoisotopic (exact) mass is 217 g/mol. The highest BCUT2D eigenvalue weighted by molar-refractivity contribution is 5.37. The van der Waals surface area contributed by atoms with E-state index in [0.29, 0.717) is 0 Å². The Morgan fingerprint density at radius 3 is 2.73 bits per heavy atom. The zero-order chi connectivity index (χ0) is 11.1. The van der Waals surface area contributed by atoms with Crippen LogP contribution in [0.3, 0.4) is 0 Å². The van der Waals surface area contributed by atoms with E-state index in [1.807, 2.05) is 0 Å². The number of nitrogens with zero attached hydrogens (tertiary/aromatic N) is 3. The Labute approximate surface area is 82.0 Å². The van der Waals surface area contributed by atoms with Crippen molar-refractivity contribution in [3.8, 4) is 0 Å². The van der Waals surface area contributed by atoms with Crippen LogP contribution in [0.5, 0.6) is 0 Å². The normalized spacial score (nSPS) is 14.4. The molecule has 0 spiro atoms. The molecule has 0 fully saturated rings. The summed E-state index contributed by atoms with van der Waals surface area (Å²) in [7, 11) is 0. The van der Waals surface area contributed by atoms with Crippen molar-refractivity contribution in [1.29, 1.82) is 0 Å². The van der Waals surface area contributed by atoms with E-state index in [9.17, 15) is 13.2 Å². The summed E-state index contributed by atoms with van der Waals surface area (Å²) in [5.74, 6) is 0. The van der Waals surface area contributed by atoms with Gasteiger partial charge in [0.15, 0.2) is 11.8 Å². The van der Waals surface area contributed by atoms with Crippen molar-refractivity contribution in [2.24, 2.45) is 0 Å². The Kier molecular flexibility index (Phi) is 2.11. The number of imidazole rings is 1. The molecule has 4 nitrogen and oxygen atoms in total. The Hall–Kier alpha value is -1.63. The Morgan fingerprint density at radius 1 is 1.33 bits per heavy atom. The maximum Gasteiger partial charge on any atom is 0.420 e. The number of aliphatic hydroxyl groups is 1. The first-order valence-corrected chi connectivity index (χ1v) is 4.02. The average molecular weight is 217 g/mol. The number of alkyl halides is 3. The molecule has 1 unspecified atom stereocenters. The Balaban J connectivity index is 2.53. The largest absolute Gasteiger partial charge is 0.420 e. The van der Waals surface area contributed by atoms with Crippen molar-refractivity contribution in [2.45, 2.75) is 12.3 Å². The molecule has 2 aromatic heterocycles. The maximum atomic E-state index is 12.2. The summed E-state index contributed by atoms with van der Waals surface area (Å²) in [6, 6.07) is 0. The van der Waals surface area contributed by atoms with Crippen LogP contribution in [0.1, 0.15) is 11.8 Å². The lowest BCUT2D eigenvalue weighted by atomic mass is 10.2. The highest BCUT2D eigenvalue weighted by atomic mass is 19.4. The third-order valence-electron chi connectivity index (χ3n) is 1.94. The van der Waals surface area contributed by atoms with Crippen molar-refractivity contribution < 1.29 is 18.3 Å². The summed E-state index contributed by atoms with van der Waals surface area (Å²) >= 11 is 0. The van der Waals surface area contributed by atoms with Gasteiger partial charge in [0.1, 0.15) is 0 Å². The summed E-state index contributed by atoms with van der Waals surface area (Å²) in [5, 5.41) is 9.04. The summed E-state index contributed by atoms with van der Waals surface area (Å²) in [5.41, 5.74) is -0.0595. The van der Waals surface area contributed by atoms with Crippen LogP contribution in [-0.4, -0.2) is 25.7 Å². The summed E-state index contributed by atoms with van der Waals surface area (Å²) in [6.45, 7) is 0. The molecule has 0 aliphatic rings. The zero-order valence-corrected chi connectivity index (χ0v) is 7.31. The van der Waals surface area contributed by atoms with Crippen LogP contribution >= 0.6 is 0 Å². The molecule has 1 atom stereocenters. The number of halogens is 3. The number of fused-ring (bicyclic) bond motifs is 1. The molecule has 0 saturated carbocycles. The van der Waals surface area contributed by atoms with Crippen molar-refractivity contribution in [3.63, 3.8) is 0 Å². The van der Waals surface area contributed by atoms with Crippen molar-refractivity contribution in [3.05, 3.63) is 30.5 Å². The Morgan fingerprint density at radius 2 is 2.07 bits per heavy atom. The Bertz CT molecular complexity index is 479. The van der Waals surface area contributed by atoms with Gasteiger partial charge in [0.25, 0.3) is 0 Å². The molecule has 0 bridgehead atoms. The van der Waals surface area contributed by atoms with E-state index < -0.39 is 12.3 Å². The fraction of sp³-hybridized carbons (Fsp3) is 0.250. The molecule has 0 amide bonds. The maximum absolute atomic E-state index is 12.2. The molecule has 0 saturated heterocycles. The van der Waals surface area contributed by atoms with Crippen LogP contribution in [-0.2, 0) is 0 Å². The second-order valence-electron chi connectivity index (χ2n) is 2.93. The minimum absolute atomic E-state index is 0.260. The third-order valence-corrected chi connectivity index (χ3v) is 1.94. The summed E-state index contributed by atoms with van der Waals surface area (Å²) in [4.78, 5) is 7.40. The molecular formula is C8H6F3N3O. The van der Waals surface area contributed by atoms with Crippen molar-refractivity contribution >= 4 is 5.65 Å². The minimum atomic E-state index is -4.70. The van der Waals surface area contributed by atoms with Gasteiger partial charge in [-0.1, -0.05) is 0 Å². The molecule has 0 aromatic carbocycles. The molecular weight excluding hydrogens is 211 g/mol. The molecule has 0 radical (unpaired) electrons. The van der Waals surface area contributed by atoms with Crippen LogP contribution in [0.25, 0.3) is 5.65 Å². The van der Waals surface area contributed by atoms with Gasteiger partial charge in [-0.15, -0.1) is 0 Å². The van der Waals surface area contributed by atoms with Crippen LogP contribution in [0.2, 0.25) is 0 Å². The van der Waals surface area contributed by atoms with Crippen LogP contribution in [0, 0.1) is 0 Å². The third kappa shape index (κ3) is 1.65. The first kappa shape index (κ1) is 9.91. The molecule has 7 heteroatoms. The lowest BCUT2D eigenvalue weighted by Crippen LogP contribution is -2.21. The zero-order valence-electron chi connectivity index (χ0n) is 7.31. The number of hydrogen-bond donors (Lipinski definition) is 1. The van der Waals surface area contributed by atoms with Crippen LogP contribution in [0.4, 0.5) is 13.2 Å². The van der Waals surface area contributed by atoms with Crippen LogP contribution < -0.4 is 0 Å². The van der Waals surface area contributed by atoms with Gasteiger partial charge in [0.05, 0.1) is 18.1 Å². The van der Waals surface area contributed by atoms with Gasteiger partial charge in [-0.25, -0.2) is 4.98 Å². The number of rotatable bonds is 1. The summed E-state index contributed by atoms with van der Waals surface area (Å²) < 4.78 is 37.8. The second-order valence-corrected chi connectivity index (χ2v) is 2.93. The smallest absolute Gasteiger partial charge is 0.378 e. The van der Waals surface area contributed by atoms with E-state index in [1.54, 1.807) is 0 Å². The standard InChI is InChI=1S/C8H6F3N3O/c9-8(10,11)7(15)5-3-13-6-4-12-1-2-14(5)6/h1-4,7,15H. The number of hydrogen-bond acceptors (Lipinski definition) is 3. The predicted octanol–water partition coefficient (Wildman–Crippen LogP) is 1.32. The fourth-order valence-electron chi connectivity index (χ4n) is 1.23. The van der Waals surface area contributed by atoms with Crippen molar-refractivity contribution in [2.75, 3.05) is 0 Å². The van der Waals surface area contributed by atoms with Crippen molar-refractivity contribution in [1.82, 2.24) is 14.4 Å². The molecule has 15 heavy (non-hydrogen) atoms. The van der Waals surface area contributed by atoms with E-state index >= 15 is 0 Å². The highest BCUT2D eigenvalue weighted by Gasteiger charge is 2.41. The number of aromatic nitrogens is 3. The lowest BCUT2D eigenvalue weighted by Gasteiger charge is -2.13. The highest BCUT2D eigenvalue weighted by Crippen LogP contribution is 2.32. The molecule has 2 aromatic rings. The van der Waals surface area contributed by atoms with Gasteiger partial charge in [-0.2, -0.15) is 13.2 Å². The van der Waals surface area contributed by atoms with E-state index in [-0.39, 0.29) is 11.3 Å². The van der Waals surface area contributed by atoms with Gasteiger partial charge in [-0.3, -0.25) is 9.38 Å². The predicted molar refractivity (Wildman–Crippen MR) is 44.0 cm³/mol. The lowest BCUT2D eigenvalue weighted by molar-refractivity contribution is -0.208. The quantitative estimate of drug-likeness (QED) is 0.783. The van der Waals surface area contributed by atoms with E-state index in [1.165, 1.54) is 18.6 Å². The second kappa shape index (κ2) is 3.20. The van der Waals surface area contributed by atoms with Crippen LogP contribution in [0.15, 0.2) is 24.8 Å². The molecule has 0 aliphatic heterocycles. The molecule has 0 aliphatic carbocycles. The molecule has 1 N–H and O–H groups in total. The SMILES string of the molecule is OC(c1cnc2cnccn12)C(F)(F)F. The van der Waals surface area contributed by atoms with Gasteiger partial charge in [0.2, 0.25) is 0 Å². The molecule has 80 valence electrons. The molecule has 2 rings (SSSR count). The average Bonchev–Trinajstić information content (AvgIpc) is 2.58. The van der Waals surface area contributed by atoms with Gasteiger partial charge >= 0.3 is 6.18 Å². The minimum Gasteiger partial charge on any atom is -0.378 e. The number of aliphatic hydroxyl groups excluding tert-OH is 1. The first-order valence-electron chi connectivity index (χ1n) is 4.02. The van der Waals surface area contributed by atoms with E-state index in [0.717, 1.165) is 10.6 Å². The van der Waals surface area contributed by atoms with Gasteiger partial charge in [-0.05, 0) is 0 Å². The fourth-order valence-corrected chi connectivity index (χ4v) is 1.23. The topological polar surface area (TPSA) is 50.4 Å². The van der Waals surface area contributed by atoms with E-state index in [4.69, 9.17) is 5.11 Å². The first-order chi connectivity index (χ1) is 7.00. The molecule has 2 heterocycles. The summed E-state index contributed by atoms with van der Waals surface area (Å²) in [6.07, 6.45) is -2.30. The van der Waals surface area contributed by atoms with Gasteiger partial charge < -0.3 is 5.11 Å². The van der Waals surface area contributed by atoms with Gasteiger partial charge in [0, 0.05) is 12.4 Å².